The summed E-state index contributed by atoms with van der Waals surface area (Å²) in [6.07, 6.45) is 1.04. The molecule has 1 aromatic rings. The molecule has 0 saturated carbocycles. The molecule has 2 atom stereocenters. The Kier molecular flexibility index (Phi) is 4.87. The fourth-order valence-corrected chi connectivity index (χ4v) is 2.08. The van der Waals surface area contributed by atoms with E-state index in [1.165, 1.54) is 0 Å². The van der Waals surface area contributed by atoms with Gasteiger partial charge in [0.05, 0.1) is 0 Å². The van der Waals surface area contributed by atoms with Crippen LogP contribution >= 0.6 is 23.2 Å². The van der Waals surface area contributed by atoms with Crippen LogP contribution in [0.4, 0.5) is 0 Å². The van der Waals surface area contributed by atoms with Crippen molar-refractivity contribution in [3.8, 4) is 0 Å². The summed E-state index contributed by atoms with van der Waals surface area (Å²) >= 11 is 12.0. The first-order valence-electron chi connectivity index (χ1n) is 5.01. The molecule has 0 amide bonds. The largest absolute Gasteiger partial charge is 0.271 e. The fraction of sp³-hybridized carbons (Fsp3) is 0.455. The van der Waals surface area contributed by atoms with Gasteiger partial charge in [0.1, 0.15) is 0 Å². The Labute approximate surface area is 101 Å². The van der Waals surface area contributed by atoms with Gasteiger partial charge in [-0.2, -0.15) is 0 Å². The van der Waals surface area contributed by atoms with E-state index in [2.05, 4.69) is 19.3 Å². The summed E-state index contributed by atoms with van der Waals surface area (Å²) < 4.78 is 0. The van der Waals surface area contributed by atoms with E-state index in [1.807, 2.05) is 12.1 Å². The normalized spacial score (nSPS) is 15.0. The van der Waals surface area contributed by atoms with Gasteiger partial charge in [0.2, 0.25) is 0 Å². The van der Waals surface area contributed by atoms with E-state index >= 15 is 0 Å². The van der Waals surface area contributed by atoms with Crippen molar-refractivity contribution in [2.45, 2.75) is 26.3 Å². The van der Waals surface area contributed by atoms with Crippen LogP contribution in [0.25, 0.3) is 0 Å². The van der Waals surface area contributed by atoms with E-state index < -0.39 is 0 Å². The predicted octanol–water partition coefficient (Wildman–Crippen LogP) is 3.54. The second-order valence-electron chi connectivity index (χ2n) is 3.70. The molecule has 2 unspecified atom stereocenters. The van der Waals surface area contributed by atoms with Gasteiger partial charge in [-0.15, -0.1) is 0 Å². The van der Waals surface area contributed by atoms with Gasteiger partial charge in [0.15, 0.2) is 0 Å². The van der Waals surface area contributed by atoms with Gasteiger partial charge in [-0.1, -0.05) is 49.5 Å². The van der Waals surface area contributed by atoms with E-state index in [9.17, 15) is 0 Å². The first-order valence-corrected chi connectivity index (χ1v) is 5.76. The van der Waals surface area contributed by atoms with Gasteiger partial charge >= 0.3 is 0 Å². The Morgan fingerprint density at radius 1 is 1.40 bits per heavy atom. The zero-order chi connectivity index (χ0) is 11.4. The summed E-state index contributed by atoms with van der Waals surface area (Å²) in [4.78, 5) is 0. The lowest BCUT2D eigenvalue weighted by atomic mass is 9.93. The third kappa shape index (κ3) is 3.08. The Morgan fingerprint density at radius 3 is 2.53 bits per heavy atom. The van der Waals surface area contributed by atoms with Crippen LogP contribution in [0.15, 0.2) is 18.2 Å². The molecule has 0 aliphatic heterocycles. The topological polar surface area (TPSA) is 38.0 Å². The number of nitrogens with two attached hydrogens (primary N) is 1. The molecule has 0 fully saturated rings. The molecule has 15 heavy (non-hydrogen) atoms. The summed E-state index contributed by atoms with van der Waals surface area (Å²) in [5.41, 5.74) is 3.80. The number of hydrogen-bond acceptors (Lipinski definition) is 2. The summed E-state index contributed by atoms with van der Waals surface area (Å²) in [5.74, 6) is 5.97. The minimum absolute atomic E-state index is 0.0692. The summed E-state index contributed by atoms with van der Waals surface area (Å²) in [7, 11) is 0. The van der Waals surface area contributed by atoms with Crippen molar-refractivity contribution in [2.24, 2.45) is 11.8 Å². The minimum Gasteiger partial charge on any atom is -0.271 e. The molecule has 4 heteroatoms. The molecular weight excluding hydrogens is 231 g/mol. The number of hydrogen-bond donors (Lipinski definition) is 2. The highest BCUT2D eigenvalue weighted by molar-refractivity contribution is 6.35. The SMILES string of the molecule is CCC(C)C(NN)c1ccc(Cl)cc1Cl. The van der Waals surface area contributed by atoms with E-state index in [-0.39, 0.29) is 6.04 Å². The first-order chi connectivity index (χ1) is 7.10. The third-order valence-electron chi connectivity index (χ3n) is 2.69. The van der Waals surface area contributed by atoms with Gasteiger partial charge in [0, 0.05) is 16.1 Å². The predicted molar refractivity (Wildman–Crippen MR) is 66.0 cm³/mol. The van der Waals surface area contributed by atoms with Crippen molar-refractivity contribution in [1.29, 1.82) is 0 Å². The summed E-state index contributed by atoms with van der Waals surface area (Å²) in [6.45, 7) is 4.26. The highest BCUT2D eigenvalue weighted by Gasteiger charge is 2.18. The zero-order valence-electron chi connectivity index (χ0n) is 8.93. The molecule has 1 aromatic carbocycles. The standard InChI is InChI=1S/C11H16Cl2N2/c1-3-7(2)11(15-14)9-5-4-8(12)6-10(9)13/h4-7,11,15H,3,14H2,1-2H3. The Bertz CT molecular complexity index is 328. The molecule has 0 saturated heterocycles. The molecule has 3 N–H and O–H groups in total. The van der Waals surface area contributed by atoms with Gasteiger partial charge < -0.3 is 0 Å². The van der Waals surface area contributed by atoms with Crippen molar-refractivity contribution in [3.63, 3.8) is 0 Å². The lowest BCUT2D eigenvalue weighted by Crippen LogP contribution is -2.32. The number of hydrazine groups is 1. The van der Waals surface area contributed by atoms with Crippen molar-refractivity contribution in [2.75, 3.05) is 0 Å². The lowest BCUT2D eigenvalue weighted by Gasteiger charge is -2.23. The molecule has 1 rings (SSSR count). The lowest BCUT2D eigenvalue weighted by molar-refractivity contribution is 0.383. The van der Waals surface area contributed by atoms with Crippen LogP contribution in [0.5, 0.6) is 0 Å². The average molecular weight is 247 g/mol. The second kappa shape index (κ2) is 5.71. The second-order valence-corrected chi connectivity index (χ2v) is 4.54. The van der Waals surface area contributed by atoms with Gasteiger partial charge in [-0.3, -0.25) is 11.3 Å². The highest BCUT2D eigenvalue weighted by Crippen LogP contribution is 2.31. The minimum atomic E-state index is 0.0692. The van der Waals surface area contributed by atoms with Gasteiger partial charge in [-0.05, 0) is 23.6 Å². The smallest absolute Gasteiger partial charge is 0.0500 e. The van der Waals surface area contributed by atoms with Crippen LogP contribution in [0, 0.1) is 5.92 Å². The Balaban J connectivity index is 3.01. The maximum absolute atomic E-state index is 6.12. The van der Waals surface area contributed by atoms with Gasteiger partial charge in [0.25, 0.3) is 0 Å². The van der Waals surface area contributed by atoms with E-state index in [4.69, 9.17) is 29.0 Å². The summed E-state index contributed by atoms with van der Waals surface area (Å²) in [6, 6.07) is 5.56. The van der Waals surface area contributed by atoms with Gasteiger partial charge in [-0.25, -0.2) is 0 Å². The van der Waals surface area contributed by atoms with E-state index in [1.54, 1.807) is 6.07 Å². The number of halogens is 2. The van der Waals surface area contributed by atoms with Crippen LogP contribution in [0.1, 0.15) is 31.9 Å². The molecule has 84 valence electrons. The van der Waals surface area contributed by atoms with E-state index in [0.717, 1.165) is 12.0 Å². The number of rotatable bonds is 4. The van der Waals surface area contributed by atoms with Crippen LogP contribution < -0.4 is 11.3 Å². The van der Waals surface area contributed by atoms with Crippen molar-refractivity contribution < 1.29 is 0 Å². The van der Waals surface area contributed by atoms with Crippen LogP contribution in [0.3, 0.4) is 0 Å². The molecule has 0 aromatic heterocycles. The number of benzene rings is 1. The average Bonchev–Trinajstić information content (AvgIpc) is 2.21. The molecule has 0 aliphatic carbocycles. The third-order valence-corrected chi connectivity index (χ3v) is 3.25. The van der Waals surface area contributed by atoms with Crippen LogP contribution in [0.2, 0.25) is 10.0 Å². The monoisotopic (exact) mass is 246 g/mol. The maximum Gasteiger partial charge on any atom is 0.0500 e. The molecule has 0 bridgehead atoms. The maximum atomic E-state index is 6.12. The molecule has 0 aliphatic rings. The quantitative estimate of drug-likeness (QED) is 0.630. The van der Waals surface area contributed by atoms with Crippen molar-refractivity contribution in [3.05, 3.63) is 33.8 Å². The van der Waals surface area contributed by atoms with Crippen molar-refractivity contribution in [1.82, 2.24) is 5.43 Å². The molecule has 0 spiro atoms. The van der Waals surface area contributed by atoms with Crippen molar-refractivity contribution >= 4 is 23.2 Å². The molecule has 2 nitrogen and oxygen atoms in total. The fourth-order valence-electron chi connectivity index (χ4n) is 1.55. The zero-order valence-corrected chi connectivity index (χ0v) is 10.4. The Morgan fingerprint density at radius 2 is 2.07 bits per heavy atom. The number of nitrogens with one attached hydrogen (secondary N) is 1. The first kappa shape index (κ1) is 12.8. The van der Waals surface area contributed by atoms with Crippen LogP contribution in [-0.2, 0) is 0 Å². The molecule has 0 heterocycles. The van der Waals surface area contributed by atoms with E-state index in [0.29, 0.717) is 16.0 Å². The summed E-state index contributed by atoms with van der Waals surface area (Å²) in [5, 5.41) is 1.30. The Hall–Kier alpha value is -0.280. The highest BCUT2D eigenvalue weighted by atomic mass is 35.5. The van der Waals surface area contributed by atoms with Crippen LogP contribution in [-0.4, -0.2) is 0 Å². The molecule has 0 radical (unpaired) electrons. The molecular formula is C11H16Cl2N2.